The van der Waals surface area contributed by atoms with Gasteiger partial charge < -0.3 is 4.74 Å². The van der Waals surface area contributed by atoms with E-state index in [2.05, 4.69) is 9.90 Å². The van der Waals surface area contributed by atoms with Crippen molar-refractivity contribution in [1.82, 2.24) is 0 Å². The van der Waals surface area contributed by atoms with Crippen LogP contribution in [0.4, 0.5) is 11.4 Å². The third-order valence-corrected chi connectivity index (χ3v) is 4.17. The summed E-state index contributed by atoms with van der Waals surface area (Å²) in [5, 5.41) is 2.92. The van der Waals surface area contributed by atoms with E-state index in [-0.39, 0.29) is 28.3 Å². The molecule has 0 aliphatic heterocycles. The summed E-state index contributed by atoms with van der Waals surface area (Å²) in [6.07, 6.45) is 0. The summed E-state index contributed by atoms with van der Waals surface area (Å²) < 4.78 is 31.0. The largest absolute Gasteiger partial charge is 0.492 e. The number of hydrogen-bond acceptors (Lipinski definition) is 5. The Hall–Kier alpha value is -1.63. The molecular weight excluding hydrogens is 280 g/mol. The van der Waals surface area contributed by atoms with Crippen LogP contribution in [0, 0.1) is 4.91 Å². The third kappa shape index (κ3) is 3.69. The molecule has 0 saturated heterocycles. The molecule has 0 fully saturated rings. The fourth-order valence-electron chi connectivity index (χ4n) is 1.64. The minimum atomic E-state index is -3.47. The molecule has 1 rings (SSSR count). The van der Waals surface area contributed by atoms with Crippen molar-refractivity contribution in [3.8, 4) is 5.75 Å². The first-order valence-electron chi connectivity index (χ1n) is 6.21. The van der Waals surface area contributed by atoms with Gasteiger partial charge in [-0.15, -0.1) is 4.91 Å². The molecule has 1 N–H and O–H groups in total. The van der Waals surface area contributed by atoms with Crippen molar-refractivity contribution < 1.29 is 13.2 Å². The van der Waals surface area contributed by atoms with Gasteiger partial charge in [-0.3, -0.25) is 4.72 Å². The van der Waals surface area contributed by atoms with Gasteiger partial charge in [0, 0.05) is 0 Å². The van der Waals surface area contributed by atoms with E-state index >= 15 is 0 Å². The summed E-state index contributed by atoms with van der Waals surface area (Å²) in [5.41, 5.74) is 0.852. The van der Waals surface area contributed by atoms with Crippen LogP contribution in [-0.2, 0) is 15.4 Å². The van der Waals surface area contributed by atoms with Crippen LogP contribution < -0.4 is 9.46 Å². The molecule has 0 aliphatic carbocycles. The lowest BCUT2D eigenvalue weighted by molar-refractivity contribution is 0.417. The normalized spacial score (nSPS) is 12.1. The zero-order chi connectivity index (χ0) is 15.6. The van der Waals surface area contributed by atoms with Crippen LogP contribution >= 0.6 is 0 Å². The highest BCUT2D eigenvalue weighted by atomic mass is 32.2. The van der Waals surface area contributed by atoms with Crippen molar-refractivity contribution >= 4 is 21.4 Å². The lowest BCUT2D eigenvalue weighted by Gasteiger charge is -2.22. The predicted molar refractivity (Wildman–Crippen MR) is 80.2 cm³/mol. The van der Waals surface area contributed by atoms with E-state index in [0.29, 0.717) is 0 Å². The summed E-state index contributed by atoms with van der Waals surface area (Å²) in [5.74, 6) is 0.0600. The van der Waals surface area contributed by atoms with Gasteiger partial charge in [0.05, 0.1) is 18.6 Å². The first-order chi connectivity index (χ1) is 9.14. The van der Waals surface area contributed by atoms with Crippen LogP contribution in [0.3, 0.4) is 0 Å². The average Bonchev–Trinajstić information content (AvgIpc) is 2.36. The topological polar surface area (TPSA) is 84.8 Å². The van der Waals surface area contributed by atoms with E-state index in [1.807, 2.05) is 20.8 Å². The van der Waals surface area contributed by atoms with Gasteiger partial charge >= 0.3 is 0 Å². The maximum Gasteiger partial charge on any atom is 0.232 e. The first kappa shape index (κ1) is 16.4. The minimum absolute atomic E-state index is 0.0697. The predicted octanol–water partition coefficient (Wildman–Crippen LogP) is 3.15. The Morgan fingerprint density at radius 1 is 1.30 bits per heavy atom. The van der Waals surface area contributed by atoms with Gasteiger partial charge in [-0.25, -0.2) is 8.42 Å². The monoisotopic (exact) mass is 300 g/mol. The number of benzene rings is 1. The number of rotatable bonds is 5. The number of anilines is 1. The lowest BCUT2D eigenvalue weighted by atomic mass is 9.86. The van der Waals surface area contributed by atoms with Crippen molar-refractivity contribution in [2.24, 2.45) is 5.18 Å². The Balaban J connectivity index is 3.50. The minimum Gasteiger partial charge on any atom is -0.492 e. The van der Waals surface area contributed by atoms with Crippen LogP contribution in [0.25, 0.3) is 0 Å². The number of sulfonamides is 1. The second-order valence-electron chi connectivity index (χ2n) is 5.42. The summed E-state index contributed by atoms with van der Waals surface area (Å²) >= 11 is 0. The van der Waals surface area contributed by atoms with Crippen molar-refractivity contribution in [3.63, 3.8) is 0 Å². The van der Waals surface area contributed by atoms with Gasteiger partial charge in [-0.05, 0) is 35.2 Å². The zero-order valence-electron chi connectivity index (χ0n) is 12.4. The van der Waals surface area contributed by atoms with Crippen molar-refractivity contribution in [3.05, 3.63) is 22.6 Å². The molecule has 0 saturated carbocycles. The number of nitroso groups, excluding NO2 is 1. The molecule has 1 aromatic rings. The summed E-state index contributed by atoms with van der Waals surface area (Å²) in [6, 6.07) is 3.27. The Labute approximate surface area is 119 Å². The lowest BCUT2D eigenvalue weighted by Crippen LogP contribution is -2.17. The molecular formula is C13H20N2O4S. The fraction of sp³-hybridized carbons (Fsp3) is 0.538. The van der Waals surface area contributed by atoms with Crippen LogP contribution in [0.15, 0.2) is 17.3 Å². The number of hydrogen-bond donors (Lipinski definition) is 1. The Bertz CT molecular complexity index is 604. The van der Waals surface area contributed by atoms with Crippen LogP contribution in [0.5, 0.6) is 5.75 Å². The number of ether oxygens (including phenoxy) is 1. The van der Waals surface area contributed by atoms with Crippen molar-refractivity contribution in [2.75, 3.05) is 17.6 Å². The van der Waals surface area contributed by atoms with E-state index < -0.39 is 10.0 Å². The molecule has 7 heteroatoms. The van der Waals surface area contributed by atoms with Crippen molar-refractivity contribution in [2.45, 2.75) is 33.1 Å². The zero-order valence-corrected chi connectivity index (χ0v) is 13.2. The van der Waals surface area contributed by atoms with Gasteiger partial charge in [0.1, 0.15) is 0 Å². The quantitative estimate of drug-likeness (QED) is 0.846. The average molecular weight is 300 g/mol. The molecule has 0 bridgehead atoms. The van der Waals surface area contributed by atoms with Crippen LogP contribution in [0.2, 0.25) is 0 Å². The van der Waals surface area contributed by atoms with E-state index in [9.17, 15) is 13.3 Å². The van der Waals surface area contributed by atoms with Gasteiger partial charge in [0.25, 0.3) is 0 Å². The smallest absolute Gasteiger partial charge is 0.232 e. The highest BCUT2D eigenvalue weighted by Gasteiger charge is 2.22. The van der Waals surface area contributed by atoms with Gasteiger partial charge in [0.15, 0.2) is 11.4 Å². The molecule has 20 heavy (non-hydrogen) atoms. The second-order valence-corrected chi connectivity index (χ2v) is 7.43. The Morgan fingerprint density at radius 2 is 1.90 bits per heavy atom. The second kappa shape index (κ2) is 5.78. The molecule has 0 aliphatic rings. The molecule has 0 unspecified atom stereocenters. The highest BCUT2D eigenvalue weighted by Crippen LogP contribution is 2.40. The van der Waals surface area contributed by atoms with Crippen LogP contribution in [-0.4, -0.2) is 21.3 Å². The number of nitrogens with one attached hydrogen (secondary N) is 1. The first-order valence-corrected chi connectivity index (χ1v) is 7.86. The molecule has 1 aromatic carbocycles. The van der Waals surface area contributed by atoms with Gasteiger partial charge in [0.2, 0.25) is 10.0 Å². The molecule has 0 radical (unpaired) electrons. The maximum atomic E-state index is 11.7. The molecule has 112 valence electrons. The molecule has 0 atom stereocenters. The van der Waals surface area contributed by atoms with E-state index in [1.54, 1.807) is 12.1 Å². The SMILES string of the molecule is CCS(=O)(=O)Nc1cc(C(C)(C)C)cc(N=O)c1OC. The summed E-state index contributed by atoms with van der Waals surface area (Å²) in [6.45, 7) is 7.41. The molecule has 0 aromatic heterocycles. The van der Waals surface area contributed by atoms with Crippen LogP contribution in [0.1, 0.15) is 33.3 Å². The molecule has 0 spiro atoms. The summed E-state index contributed by atoms with van der Waals surface area (Å²) in [4.78, 5) is 10.9. The molecule has 6 nitrogen and oxygen atoms in total. The van der Waals surface area contributed by atoms with Gasteiger partial charge in [-0.1, -0.05) is 20.8 Å². The summed E-state index contributed by atoms with van der Waals surface area (Å²) in [7, 11) is -2.10. The highest BCUT2D eigenvalue weighted by molar-refractivity contribution is 7.92. The fourth-order valence-corrected chi connectivity index (χ4v) is 2.28. The molecule has 0 heterocycles. The van der Waals surface area contributed by atoms with E-state index in [1.165, 1.54) is 14.0 Å². The number of nitrogens with zero attached hydrogens (tertiary/aromatic N) is 1. The Morgan fingerprint density at radius 3 is 2.30 bits per heavy atom. The third-order valence-electron chi connectivity index (χ3n) is 2.88. The number of methoxy groups -OCH3 is 1. The van der Waals surface area contributed by atoms with Crippen molar-refractivity contribution in [1.29, 1.82) is 0 Å². The van der Waals surface area contributed by atoms with Gasteiger partial charge in [-0.2, -0.15) is 0 Å². The standard InChI is InChI=1S/C13H20N2O4S/c1-6-20(17,18)15-11-8-9(13(2,3)4)7-10(14-16)12(11)19-5/h7-8,15H,6H2,1-5H3. The Kier molecular flexibility index (Phi) is 4.75. The maximum absolute atomic E-state index is 11.7. The van der Waals surface area contributed by atoms with E-state index in [0.717, 1.165) is 5.56 Å². The van der Waals surface area contributed by atoms with E-state index in [4.69, 9.17) is 4.74 Å². The molecule has 0 amide bonds.